The highest BCUT2D eigenvalue weighted by Crippen LogP contribution is 2.75. The van der Waals surface area contributed by atoms with Crippen molar-refractivity contribution in [2.75, 3.05) is 39.8 Å². The third-order valence-electron chi connectivity index (χ3n) is 16.5. The average Bonchev–Trinajstić information content (AvgIpc) is 3.43. The topological polar surface area (TPSA) is 157 Å². The molecule has 1 saturated heterocycles. The van der Waals surface area contributed by atoms with Gasteiger partial charge in [-0.3, -0.25) is 24.1 Å². The number of allylic oxidation sites excluding steroid dienone is 2. The quantitative estimate of drug-likeness (QED) is 0.335. The van der Waals surface area contributed by atoms with Crippen LogP contribution >= 0.6 is 0 Å². The molecule has 7 rings (SSSR count). The predicted molar refractivity (Wildman–Crippen MR) is 197 cm³/mol. The molecule has 54 heavy (non-hydrogen) atoms. The summed E-state index contributed by atoms with van der Waals surface area (Å²) in [6.45, 7) is 17.3. The van der Waals surface area contributed by atoms with Crippen LogP contribution in [0.4, 0.5) is 0 Å². The number of aryl methyl sites for hydroxylation is 1. The van der Waals surface area contributed by atoms with Gasteiger partial charge in [-0.15, -0.1) is 0 Å². The molecule has 5 aliphatic carbocycles. The van der Waals surface area contributed by atoms with E-state index in [0.717, 1.165) is 51.0 Å². The highest BCUT2D eigenvalue weighted by atomic mass is 16.6. The van der Waals surface area contributed by atoms with Gasteiger partial charge in [-0.2, -0.15) is 0 Å². The lowest BCUT2D eigenvalue weighted by Gasteiger charge is -2.70. The number of carbonyl (C=O) groups is 4. The molecule has 12 nitrogen and oxygen atoms in total. The van der Waals surface area contributed by atoms with E-state index in [1.807, 2.05) is 19.9 Å². The minimum absolute atomic E-state index is 0.000444. The summed E-state index contributed by atoms with van der Waals surface area (Å²) in [4.78, 5) is 71.8. The van der Waals surface area contributed by atoms with Crippen LogP contribution in [0.1, 0.15) is 111 Å². The molecular weight excluding hydrogens is 692 g/mol. The normalized spacial score (nSPS) is 42.4. The molecule has 298 valence electrons. The molecule has 10 atom stereocenters. The lowest BCUT2D eigenvalue weighted by molar-refractivity contribution is -0.224. The van der Waals surface area contributed by atoms with Crippen molar-refractivity contribution >= 4 is 23.7 Å². The van der Waals surface area contributed by atoms with Crippen molar-refractivity contribution in [3.8, 4) is 0 Å². The summed E-state index contributed by atoms with van der Waals surface area (Å²) in [6, 6.07) is 0. The van der Waals surface area contributed by atoms with Gasteiger partial charge in [-0.25, -0.2) is 4.79 Å². The minimum Gasteiger partial charge on any atom is -0.481 e. The Morgan fingerprint density at radius 1 is 0.907 bits per heavy atom. The van der Waals surface area contributed by atoms with Crippen molar-refractivity contribution in [1.82, 2.24) is 9.80 Å². The molecule has 4 saturated carbocycles. The summed E-state index contributed by atoms with van der Waals surface area (Å²) in [5.41, 5.74) is -2.49. The summed E-state index contributed by atoms with van der Waals surface area (Å²) in [6.07, 6.45) is 7.25. The highest BCUT2D eigenvalue weighted by Gasteiger charge is 2.72. The van der Waals surface area contributed by atoms with Gasteiger partial charge in [0.2, 0.25) is 0 Å². The van der Waals surface area contributed by atoms with Crippen LogP contribution in [0.5, 0.6) is 0 Å². The molecule has 1 aliphatic heterocycles. The van der Waals surface area contributed by atoms with Crippen LogP contribution < -0.4 is 5.82 Å². The standard InChI is InChI=1S/C42H60N2O10/c1-25-29(53-36(50)52-25)24-51-35(49)42(7)30-9-12-41(6)33(39(30,4)11-10-31(42)54-32(46)23-44-19-17-43(8)18-20-44)28(45)21-26-27-22-38(3,34(47)48)14-13-37(27,2)15-16-40(26,41)5/h21,27,30-31,33H,9-20,22-24H2,1-8H3,(H,47,48)/t27-,30+,31-,33+,37+,38-,39-,40+,41+,42-/m0/s1. The third kappa shape index (κ3) is 5.86. The molecule has 0 amide bonds. The SMILES string of the molecule is Cc1oc(=O)oc1COC(=O)[C@]1(C)[C@@H](OC(=O)CN2CCN(C)CC2)CC[C@@]2(C)[C@H]1CC[C@]1(C)[C@@H]2C(=O)C=C2[C@@H]3C[C@@](C)(C(=O)O)CC[C@]3(C)CC[C@]21C. The Kier molecular flexibility index (Phi) is 9.51. The zero-order valence-corrected chi connectivity index (χ0v) is 33.5. The number of carboxylic acids is 1. The first-order valence-electron chi connectivity index (χ1n) is 20.1. The van der Waals surface area contributed by atoms with Crippen LogP contribution in [0.3, 0.4) is 0 Å². The van der Waals surface area contributed by atoms with Crippen LogP contribution in [-0.4, -0.2) is 84.5 Å². The summed E-state index contributed by atoms with van der Waals surface area (Å²) in [5, 5.41) is 10.3. The van der Waals surface area contributed by atoms with E-state index < -0.39 is 51.4 Å². The van der Waals surface area contributed by atoms with Gasteiger partial charge in [0.25, 0.3) is 0 Å². The Morgan fingerprint density at radius 3 is 2.24 bits per heavy atom. The summed E-state index contributed by atoms with van der Waals surface area (Å²) in [7, 11) is 2.06. The number of carboxylic acid groups (broad SMARTS) is 1. The van der Waals surface area contributed by atoms with Crippen LogP contribution in [-0.2, 0) is 35.3 Å². The molecule has 0 aromatic carbocycles. The van der Waals surface area contributed by atoms with Gasteiger partial charge in [0.15, 0.2) is 23.9 Å². The van der Waals surface area contributed by atoms with E-state index in [1.165, 1.54) is 0 Å². The number of carbonyl (C=O) groups excluding carboxylic acids is 3. The number of hydrogen-bond acceptors (Lipinski definition) is 11. The molecule has 0 radical (unpaired) electrons. The Hall–Kier alpha value is -3.25. The van der Waals surface area contributed by atoms with Crippen molar-refractivity contribution in [2.24, 2.45) is 50.2 Å². The van der Waals surface area contributed by atoms with Crippen molar-refractivity contribution in [3.63, 3.8) is 0 Å². The maximum atomic E-state index is 14.9. The fourth-order valence-corrected chi connectivity index (χ4v) is 12.7. The molecule has 2 heterocycles. The first kappa shape index (κ1) is 39.0. The van der Waals surface area contributed by atoms with E-state index in [0.29, 0.717) is 38.5 Å². The number of ether oxygens (including phenoxy) is 2. The number of aliphatic carboxylic acids is 1. The lowest BCUT2D eigenvalue weighted by Crippen LogP contribution is -2.68. The monoisotopic (exact) mass is 752 g/mol. The first-order valence-corrected chi connectivity index (χ1v) is 20.1. The van der Waals surface area contributed by atoms with E-state index in [1.54, 1.807) is 6.92 Å². The first-order chi connectivity index (χ1) is 25.2. The largest absolute Gasteiger partial charge is 0.519 e. The van der Waals surface area contributed by atoms with Crippen LogP contribution in [0.2, 0.25) is 0 Å². The Bertz CT molecular complexity index is 1810. The van der Waals surface area contributed by atoms with Gasteiger partial charge in [0.05, 0.1) is 12.0 Å². The second kappa shape index (κ2) is 13.2. The second-order valence-corrected chi connectivity index (χ2v) is 19.4. The third-order valence-corrected chi connectivity index (χ3v) is 16.5. The molecule has 1 N–H and O–H groups in total. The van der Waals surface area contributed by atoms with Crippen molar-refractivity contribution < 1.29 is 42.6 Å². The summed E-state index contributed by atoms with van der Waals surface area (Å²) >= 11 is 0. The molecule has 6 aliphatic rings. The van der Waals surface area contributed by atoms with E-state index in [9.17, 15) is 29.1 Å². The minimum atomic E-state index is -1.30. The van der Waals surface area contributed by atoms with Crippen molar-refractivity contribution in [3.05, 3.63) is 33.8 Å². The lowest BCUT2D eigenvalue weighted by atomic mass is 9.33. The number of hydrogen-bond donors (Lipinski definition) is 1. The molecule has 1 aromatic rings. The Balaban J connectivity index is 1.23. The van der Waals surface area contributed by atoms with Crippen LogP contribution in [0, 0.1) is 57.2 Å². The number of nitrogens with zero attached hydrogens (tertiary/aromatic N) is 2. The Morgan fingerprint density at radius 2 is 1.59 bits per heavy atom. The second-order valence-electron chi connectivity index (χ2n) is 19.4. The van der Waals surface area contributed by atoms with Gasteiger partial charge < -0.3 is 28.3 Å². The van der Waals surface area contributed by atoms with E-state index in [-0.39, 0.29) is 59.1 Å². The highest BCUT2D eigenvalue weighted by molar-refractivity contribution is 5.96. The van der Waals surface area contributed by atoms with Gasteiger partial charge >= 0.3 is 23.7 Å². The number of ketones is 1. The fraction of sp³-hybridized carbons (Fsp3) is 0.786. The van der Waals surface area contributed by atoms with Crippen LogP contribution in [0.15, 0.2) is 25.3 Å². The molecule has 0 unspecified atom stereocenters. The van der Waals surface area contributed by atoms with E-state index >= 15 is 0 Å². The van der Waals surface area contributed by atoms with Gasteiger partial charge in [-0.05, 0) is 125 Å². The van der Waals surface area contributed by atoms with Crippen molar-refractivity contribution in [1.29, 1.82) is 0 Å². The van der Waals surface area contributed by atoms with Crippen molar-refractivity contribution in [2.45, 2.75) is 119 Å². The number of likely N-dealkylation sites (N-methyl/N-ethyl adjacent to an activating group) is 1. The maximum Gasteiger partial charge on any atom is 0.519 e. The molecular formula is C42H60N2O10. The number of esters is 2. The number of rotatable bonds is 7. The zero-order chi connectivity index (χ0) is 39.2. The Labute approximate surface area is 318 Å². The maximum absolute atomic E-state index is 14.9. The van der Waals surface area contributed by atoms with E-state index in [2.05, 4.69) is 44.5 Å². The van der Waals surface area contributed by atoms with Gasteiger partial charge in [0.1, 0.15) is 11.5 Å². The predicted octanol–water partition coefficient (Wildman–Crippen LogP) is 5.79. The van der Waals surface area contributed by atoms with Gasteiger partial charge in [0, 0.05) is 32.1 Å². The van der Waals surface area contributed by atoms with E-state index in [4.69, 9.17) is 18.3 Å². The molecule has 1 aromatic heterocycles. The number of piperazine rings is 1. The summed E-state index contributed by atoms with van der Waals surface area (Å²) < 4.78 is 22.4. The molecule has 12 heteroatoms. The van der Waals surface area contributed by atoms with Gasteiger partial charge in [-0.1, -0.05) is 33.3 Å². The smallest absolute Gasteiger partial charge is 0.481 e. The van der Waals surface area contributed by atoms with Crippen LogP contribution in [0.25, 0.3) is 0 Å². The zero-order valence-electron chi connectivity index (χ0n) is 33.5. The average molecular weight is 753 g/mol. The number of fused-ring (bicyclic) bond motifs is 7. The molecule has 5 fully saturated rings. The molecule has 0 spiro atoms. The summed E-state index contributed by atoms with van der Waals surface area (Å²) in [5.74, 6) is -2.95. The molecule has 0 bridgehead atoms. The fourth-order valence-electron chi connectivity index (χ4n) is 12.7.